The lowest BCUT2D eigenvalue weighted by atomic mass is 10.2. The predicted octanol–water partition coefficient (Wildman–Crippen LogP) is 3.06. The van der Waals surface area contributed by atoms with Crippen molar-refractivity contribution in [2.45, 2.75) is 0 Å². The molecule has 0 spiro atoms. The van der Waals surface area contributed by atoms with Gasteiger partial charge in [0.05, 0.1) is 6.21 Å². The number of phenols is 1. The van der Waals surface area contributed by atoms with Crippen molar-refractivity contribution in [1.82, 2.24) is 5.43 Å². The zero-order valence-electron chi connectivity index (χ0n) is 10.2. The van der Waals surface area contributed by atoms with E-state index in [2.05, 4.69) is 26.5 Å². The SMILES string of the molecule is O=C(N/N=C\c1ccc(Br)cc1O)c1cccc(F)c1. The summed E-state index contributed by atoms with van der Waals surface area (Å²) in [6, 6.07) is 10.2. The summed E-state index contributed by atoms with van der Waals surface area (Å²) in [4.78, 5) is 11.7. The number of rotatable bonds is 3. The van der Waals surface area contributed by atoms with Crippen LogP contribution in [0.2, 0.25) is 0 Å². The molecule has 20 heavy (non-hydrogen) atoms. The lowest BCUT2D eigenvalue weighted by Crippen LogP contribution is -2.17. The molecule has 2 rings (SSSR count). The van der Waals surface area contributed by atoms with E-state index in [0.717, 1.165) is 10.5 Å². The minimum Gasteiger partial charge on any atom is -0.507 e. The molecule has 2 N–H and O–H groups in total. The average molecular weight is 337 g/mol. The third kappa shape index (κ3) is 3.64. The first-order valence-electron chi connectivity index (χ1n) is 5.64. The topological polar surface area (TPSA) is 61.7 Å². The summed E-state index contributed by atoms with van der Waals surface area (Å²) in [5.74, 6) is -0.993. The van der Waals surface area contributed by atoms with E-state index >= 15 is 0 Å². The van der Waals surface area contributed by atoms with Gasteiger partial charge in [-0.1, -0.05) is 22.0 Å². The largest absolute Gasteiger partial charge is 0.507 e. The highest BCUT2D eigenvalue weighted by molar-refractivity contribution is 9.10. The maximum absolute atomic E-state index is 12.9. The number of carbonyl (C=O) groups is 1. The zero-order valence-corrected chi connectivity index (χ0v) is 11.8. The highest BCUT2D eigenvalue weighted by Crippen LogP contribution is 2.20. The molecule has 0 bridgehead atoms. The van der Waals surface area contributed by atoms with Crippen LogP contribution in [0.4, 0.5) is 4.39 Å². The van der Waals surface area contributed by atoms with Crippen LogP contribution in [0.25, 0.3) is 0 Å². The van der Waals surface area contributed by atoms with Crippen molar-refractivity contribution in [3.05, 3.63) is 63.9 Å². The van der Waals surface area contributed by atoms with Gasteiger partial charge in [0.1, 0.15) is 11.6 Å². The molecule has 4 nitrogen and oxygen atoms in total. The molecule has 102 valence electrons. The van der Waals surface area contributed by atoms with Crippen molar-refractivity contribution < 1.29 is 14.3 Å². The first-order chi connectivity index (χ1) is 9.56. The molecule has 0 aliphatic heterocycles. The Morgan fingerprint density at radius 3 is 2.80 bits per heavy atom. The summed E-state index contributed by atoms with van der Waals surface area (Å²) in [7, 11) is 0. The van der Waals surface area contributed by atoms with Gasteiger partial charge in [-0.15, -0.1) is 0 Å². The molecule has 0 saturated carbocycles. The number of hydrogen-bond donors (Lipinski definition) is 2. The van der Waals surface area contributed by atoms with E-state index in [1.54, 1.807) is 12.1 Å². The smallest absolute Gasteiger partial charge is 0.271 e. The predicted molar refractivity (Wildman–Crippen MR) is 77.3 cm³/mol. The minimum atomic E-state index is -0.530. The Hall–Kier alpha value is -2.21. The van der Waals surface area contributed by atoms with E-state index in [1.807, 2.05) is 0 Å². The van der Waals surface area contributed by atoms with Crippen molar-refractivity contribution in [3.8, 4) is 5.75 Å². The Kier molecular flexibility index (Phi) is 4.47. The number of hydrogen-bond acceptors (Lipinski definition) is 3. The minimum absolute atomic E-state index is 0.0307. The summed E-state index contributed by atoms with van der Waals surface area (Å²) in [6.07, 6.45) is 1.30. The maximum atomic E-state index is 12.9. The Balaban J connectivity index is 2.04. The number of aromatic hydroxyl groups is 1. The summed E-state index contributed by atoms with van der Waals surface area (Å²) in [5, 5.41) is 13.3. The molecule has 0 unspecified atom stereocenters. The van der Waals surface area contributed by atoms with E-state index in [9.17, 15) is 14.3 Å². The van der Waals surface area contributed by atoms with Gasteiger partial charge < -0.3 is 5.11 Å². The van der Waals surface area contributed by atoms with E-state index in [-0.39, 0.29) is 11.3 Å². The number of phenolic OH excluding ortho intramolecular Hbond substituents is 1. The summed E-state index contributed by atoms with van der Waals surface area (Å²) in [6.45, 7) is 0. The van der Waals surface area contributed by atoms with Gasteiger partial charge in [0.25, 0.3) is 5.91 Å². The fraction of sp³-hybridized carbons (Fsp3) is 0. The summed E-state index contributed by atoms with van der Waals surface area (Å²) >= 11 is 3.22. The van der Waals surface area contributed by atoms with Crippen molar-refractivity contribution >= 4 is 28.1 Å². The van der Waals surface area contributed by atoms with Gasteiger partial charge in [-0.05, 0) is 36.4 Å². The van der Waals surface area contributed by atoms with E-state index in [1.165, 1.54) is 30.5 Å². The van der Waals surface area contributed by atoms with Crippen LogP contribution in [0.5, 0.6) is 5.75 Å². The van der Waals surface area contributed by atoms with E-state index < -0.39 is 11.7 Å². The number of halogens is 2. The lowest BCUT2D eigenvalue weighted by molar-refractivity contribution is 0.0954. The fourth-order valence-corrected chi connectivity index (χ4v) is 1.83. The molecule has 0 fully saturated rings. The van der Waals surface area contributed by atoms with Crippen molar-refractivity contribution in [1.29, 1.82) is 0 Å². The third-order valence-corrected chi connectivity index (χ3v) is 2.94. The lowest BCUT2D eigenvalue weighted by Gasteiger charge is -2.01. The van der Waals surface area contributed by atoms with Gasteiger partial charge in [0.15, 0.2) is 0 Å². The van der Waals surface area contributed by atoms with Crippen LogP contribution in [-0.4, -0.2) is 17.2 Å². The molecule has 0 aliphatic rings. The van der Waals surface area contributed by atoms with Gasteiger partial charge in [0, 0.05) is 15.6 Å². The van der Waals surface area contributed by atoms with Gasteiger partial charge >= 0.3 is 0 Å². The van der Waals surface area contributed by atoms with Crippen LogP contribution < -0.4 is 5.43 Å². The van der Waals surface area contributed by atoms with Gasteiger partial charge in [0.2, 0.25) is 0 Å². The van der Waals surface area contributed by atoms with Crippen molar-refractivity contribution in [2.24, 2.45) is 5.10 Å². The van der Waals surface area contributed by atoms with Gasteiger partial charge in [-0.25, -0.2) is 9.82 Å². The second kappa shape index (κ2) is 6.29. The number of nitrogens with one attached hydrogen (secondary N) is 1. The fourth-order valence-electron chi connectivity index (χ4n) is 1.48. The Bertz CT molecular complexity index is 674. The summed E-state index contributed by atoms with van der Waals surface area (Å²) < 4.78 is 13.7. The quantitative estimate of drug-likeness (QED) is 0.668. The Labute approximate surface area is 123 Å². The van der Waals surface area contributed by atoms with Crippen LogP contribution >= 0.6 is 15.9 Å². The van der Waals surface area contributed by atoms with Crippen molar-refractivity contribution in [3.63, 3.8) is 0 Å². The summed E-state index contributed by atoms with van der Waals surface area (Å²) in [5.41, 5.74) is 2.88. The number of benzene rings is 2. The number of carbonyl (C=O) groups excluding carboxylic acids is 1. The zero-order chi connectivity index (χ0) is 14.5. The highest BCUT2D eigenvalue weighted by Gasteiger charge is 2.05. The molecular formula is C14H10BrFN2O2. The normalized spacial score (nSPS) is 10.7. The standard InChI is InChI=1S/C14H10BrFN2O2/c15-11-5-4-10(13(19)7-11)8-17-18-14(20)9-2-1-3-12(16)6-9/h1-8,19H,(H,18,20)/b17-8-. The van der Waals surface area contributed by atoms with Crippen molar-refractivity contribution in [2.75, 3.05) is 0 Å². The molecule has 0 saturated heterocycles. The molecule has 2 aromatic carbocycles. The van der Waals surface area contributed by atoms with Crippen LogP contribution in [0.1, 0.15) is 15.9 Å². The van der Waals surface area contributed by atoms with E-state index in [4.69, 9.17) is 0 Å². The molecule has 0 heterocycles. The molecule has 0 atom stereocenters. The van der Waals surface area contributed by atoms with Crippen LogP contribution in [0.15, 0.2) is 52.0 Å². The molecule has 0 radical (unpaired) electrons. The number of amides is 1. The van der Waals surface area contributed by atoms with Crippen LogP contribution in [0.3, 0.4) is 0 Å². The van der Waals surface area contributed by atoms with Gasteiger partial charge in [-0.3, -0.25) is 4.79 Å². The molecule has 2 aromatic rings. The molecule has 0 aliphatic carbocycles. The second-order valence-electron chi connectivity index (χ2n) is 3.91. The third-order valence-electron chi connectivity index (χ3n) is 2.45. The number of nitrogens with zero attached hydrogens (tertiary/aromatic N) is 1. The van der Waals surface area contributed by atoms with Crippen LogP contribution in [-0.2, 0) is 0 Å². The molecular weight excluding hydrogens is 327 g/mol. The maximum Gasteiger partial charge on any atom is 0.271 e. The molecule has 1 amide bonds. The average Bonchev–Trinajstić information content (AvgIpc) is 2.41. The second-order valence-corrected chi connectivity index (χ2v) is 4.83. The first-order valence-corrected chi connectivity index (χ1v) is 6.43. The highest BCUT2D eigenvalue weighted by atomic mass is 79.9. The molecule has 6 heteroatoms. The number of hydrazone groups is 1. The monoisotopic (exact) mass is 336 g/mol. The van der Waals surface area contributed by atoms with Gasteiger partial charge in [-0.2, -0.15) is 5.10 Å². The Morgan fingerprint density at radius 1 is 1.30 bits per heavy atom. The molecule has 0 aromatic heterocycles. The Morgan fingerprint density at radius 2 is 2.10 bits per heavy atom. The first kappa shape index (κ1) is 14.2. The van der Waals surface area contributed by atoms with Crippen LogP contribution in [0, 0.1) is 5.82 Å². The van der Waals surface area contributed by atoms with E-state index in [0.29, 0.717) is 5.56 Å².